The molecule has 2 aromatic heterocycles. The van der Waals surface area contributed by atoms with E-state index in [1.807, 2.05) is 60.8 Å². The van der Waals surface area contributed by atoms with E-state index in [2.05, 4.69) is 4.98 Å². The molecule has 9 heteroatoms. The zero-order chi connectivity index (χ0) is 25.4. The van der Waals surface area contributed by atoms with Gasteiger partial charge in [-0.25, -0.2) is 13.4 Å². The molecule has 1 aliphatic rings. The van der Waals surface area contributed by atoms with Gasteiger partial charge in [0.25, 0.3) is 5.56 Å². The molecule has 0 saturated carbocycles. The molecule has 37 heavy (non-hydrogen) atoms. The van der Waals surface area contributed by atoms with Gasteiger partial charge >= 0.3 is 0 Å². The zero-order valence-electron chi connectivity index (χ0n) is 19.9. The summed E-state index contributed by atoms with van der Waals surface area (Å²) in [5.74, 6) is 0.473. The number of fused-ring (bicyclic) bond motifs is 2. The van der Waals surface area contributed by atoms with Crippen molar-refractivity contribution in [1.29, 1.82) is 0 Å². The second-order valence-corrected chi connectivity index (χ2v) is 10.7. The Morgan fingerprint density at radius 1 is 0.892 bits per heavy atom. The summed E-state index contributed by atoms with van der Waals surface area (Å²) in [6.07, 6.45) is 5.45. The fraction of sp³-hybridized carbons (Fsp3) is 0.143. The van der Waals surface area contributed by atoms with Crippen molar-refractivity contribution in [3.8, 4) is 5.69 Å². The van der Waals surface area contributed by atoms with Gasteiger partial charge in [-0.05, 0) is 60.2 Å². The Balaban J connectivity index is 1.45. The van der Waals surface area contributed by atoms with Crippen molar-refractivity contribution < 1.29 is 13.2 Å². The van der Waals surface area contributed by atoms with Crippen LogP contribution in [0.1, 0.15) is 11.4 Å². The zero-order valence-corrected chi connectivity index (χ0v) is 20.7. The number of rotatable bonds is 5. The Kier molecular flexibility index (Phi) is 5.96. The first-order valence-electron chi connectivity index (χ1n) is 12.0. The van der Waals surface area contributed by atoms with Gasteiger partial charge in [-0.15, -0.1) is 0 Å². The molecule has 0 atom stereocenters. The molecular formula is C28H24N4O4S. The summed E-state index contributed by atoms with van der Waals surface area (Å²) in [6, 6.07) is 21.7. The lowest BCUT2D eigenvalue weighted by atomic mass is 10.1. The van der Waals surface area contributed by atoms with Gasteiger partial charge in [-0.1, -0.05) is 30.3 Å². The van der Waals surface area contributed by atoms with E-state index in [0.717, 1.165) is 16.5 Å². The van der Waals surface area contributed by atoms with Crippen molar-refractivity contribution in [3.05, 3.63) is 101 Å². The molecule has 186 valence electrons. The molecule has 6 rings (SSSR count). The Bertz CT molecular complexity index is 1800. The van der Waals surface area contributed by atoms with Gasteiger partial charge in [-0.3, -0.25) is 9.36 Å². The second kappa shape index (κ2) is 9.44. The van der Waals surface area contributed by atoms with Gasteiger partial charge in [0.2, 0.25) is 10.0 Å². The molecule has 8 nitrogen and oxygen atoms in total. The van der Waals surface area contributed by atoms with Crippen molar-refractivity contribution in [3.63, 3.8) is 0 Å². The molecule has 0 radical (unpaired) electrons. The smallest absolute Gasteiger partial charge is 0.266 e. The minimum absolute atomic E-state index is 0.158. The van der Waals surface area contributed by atoms with Crippen LogP contribution in [0.5, 0.6) is 0 Å². The average Bonchev–Trinajstić information content (AvgIpc) is 3.35. The third-order valence-electron chi connectivity index (χ3n) is 6.52. The first kappa shape index (κ1) is 23.4. The summed E-state index contributed by atoms with van der Waals surface area (Å²) in [5.41, 5.74) is 2.76. The summed E-state index contributed by atoms with van der Waals surface area (Å²) in [4.78, 5) is 21.6. The monoisotopic (exact) mass is 512 g/mol. The molecule has 1 saturated heterocycles. The molecule has 0 bridgehead atoms. The summed E-state index contributed by atoms with van der Waals surface area (Å²) in [5, 5.41) is 1.30. The summed E-state index contributed by atoms with van der Waals surface area (Å²) in [6.45, 7) is 1.46. The van der Waals surface area contributed by atoms with Crippen LogP contribution < -0.4 is 5.56 Å². The number of para-hydroxylation sites is 2. The molecule has 0 unspecified atom stereocenters. The van der Waals surface area contributed by atoms with Crippen LogP contribution in [0.15, 0.2) is 88.7 Å². The molecule has 3 aromatic carbocycles. The molecule has 0 spiro atoms. The third kappa shape index (κ3) is 4.27. The molecule has 1 aliphatic heterocycles. The van der Waals surface area contributed by atoms with Crippen LogP contribution >= 0.6 is 0 Å². The third-order valence-corrected chi connectivity index (χ3v) is 8.42. The van der Waals surface area contributed by atoms with Crippen LogP contribution in [0.2, 0.25) is 0 Å². The van der Waals surface area contributed by atoms with Crippen molar-refractivity contribution in [2.24, 2.45) is 0 Å². The average molecular weight is 513 g/mol. The summed E-state index contributed by atoms with van der Waals surface area (Å²) in [7, 11) is -3.63. The number of hydrogen-bond acceptors (Lipinski definition) is 5. The molecule has 0 amide bonds. The van der Waals surface area contributed by atoms with Crippen molar-refractivity contribution >= 4 is 44.0 Å². The molecule has 0 aliphatic carbocycles. The van der Waals surface area contributed by atoms with Gasteiger partial charge in [0.1, 0.15) is 5.82 Å². The quantitative estimate of drug-likeness (QED) is 0.383. The van der Waals surface area contributed by atoms with Gasteiger partial charge in [0, 0.05) is 30.2 Å². The lowest BCUT2D eigenvalue weighted by Gasteiger charge is -2.26. The highest BCUT2D eigenvalue weighted by Crippen LogP contribution is 2.26. The van der Waals surface area contributed by atoms with Crippen LogP contribution in [0.4, 0.5) is 0 Å². The van der Waals surface area contributed by atoms with Gasteiger partial charge in [-0.2, -0.15) is 4.31 Å². The normalized spacial score (nSPS) is 15.1. The van der Waals surface area contributed by atoms with Crippen LogP contribution in [0.25, 0.3) is 39.6 Å². The van der Waals surface area contributed by atoms with Gasteiger partial charge in [0.15, 0.2) is 0 Å². The topological polar surface area (TPSA) is 97.3 Å². The van der Waals surface area contributed by atoms with Crippen LogP contribution in [-0.2, 0) is 14.8 Å². The number of sulfonamides is 1. The predicted octanol–water partition coefficient (Wildman–Crippen LogP) is 4.06. The number of H-pyrrole nitrogens is 1. The molecule has 3 heterocycles. The standard InChI is InChI=1S/C28H24N4O4S/c33-28-23-8-4-5-9-26(23)30-27(32(28)21-6-2-1-3-7-21)13-10-20-19-29-25-12-11-22(18-24(20)25)37(34,35)31-14-16-36-17-15-31/h1-13,18-19,29H,14-17H2/b13-10+. The number of morpholine rings is 1. The minimum Gasteiger partial charge on any atom is -0.379 e. The lowest BCUT2D eigenvalue weighted by molar-refractivity contribution is 0.0730. The maximum absolute atomic E-state index is 13.4. The van der Waals surface area contributed by atoms with Gasteiger partial charge < -0.3 is 9.72 Å². The van der Waals surface area contributed by atoms with Gasteiger partial charge in [0.05, 0.1) is 34.7 Å². The fourth-order valence-corrected chi connectivity index (χ4v) is 6.04. The highest BCUT2D eigenvalue weighted by atomic mass is 32.2. The molecule has 5 aromatic rings. The van der Waals surface area contributed by atoms with E-state index in [1.54, 1.807) is 34.9 Å². The van der Waals surface area contributed by atoms with Crippen LogP contribution in [0.3, 0.4) is 0 Å². The number of nitrogens with one attached hydrogen (secondary N) is 1. The first-order valence-corrected chi connectivity index (χ1v) is 13.4. The Labute approximate surface area is 213 Å². The minimum atomic E-state index is -3.63. The maximum atomic E-state index is 13.4. The van der Waals surface area contributed by atoms with Crippen molar-refractivity contribution in [1.82, 2.24) is 18.8 Å². The second-order valence-electron chi connectivity index (χ2n) is 8.76. The maximum Gasteiger partial charge on any atom is 0.266 e. The number of hydrogen-bond donors (Lipinski definition) is 1. The highest BCUT2D eigenvalue weighted by molar-refractivity contribution is 7.89. The van der Waals surface area contributed by atoms with E-state index >= 15 is 0 Å². The number of aromatic nitrogens is 3. The summed E-state index contributed by atoms with van der Waals surface area (Å²) >= 11 is 0. The van der Waals surface area contributed by atoms with E-state index in [9.17, 15) is 13.2 Å². The van der Waals surface area contributed by atoms with E-state index in [-0.39, 0.29) is 10.5 Å². The first-order chi connectivity index (χ1) is 18.0. The Morgan fingerprint density at radius 3 is 2.46 bits per heavy atom. The van der Waals surface area contributed by atoms with Crippen LogP contribution in [-0.4, -0.2) is 53.6 Å². The molecule has 1 fully saturated rings. The largest absolute Gasteiger partial charge is 0.379 e. The van der Waals surface area contributed by atoms with E-state index in [1.165, 1.54) is 4.31 Å². The Morgan fingerprint density at radius 2 is 1.65 bits per heavy atom. The van der Waals surface area contributed by atoms with Crippen LogP contribution in [0, 0.1) is 0 Å². The SMILES string of the molecule is O=c1c2ccccc2nc(/C=C/c2c[nH]c3ccc(S(=O)(=O)N4CCOCC4)cc23)n1-c1ccccc1. The number of nitrogens with zero attached hydrogens (tertiary/aromatic N) is 3. The number of benzene rings is 3. The van der Waals surface area contributed by atoms with E-state index < -0.39 is 10.0 Å². The lowest BCUT2D eigenvalue weighted by Crippen LogP contribution is -2.40. The fourth-order valence-electron chi connectivity index (χ4n) is 4.61. The van der Waals surface area contributed by atoms with Crippen molar-refractivity contribution in [2.75, 3.05) is 26.3 Å². The van der Waals surface area contributed by atoms with E-state index in [4.69, 9.17) is 9.72 Å². The molecular weight excluding hydrogens is 488 g/mol. The van der Waals surface area contributed by atoms with E-state index in [0.29, 0.717) is 48.7 Å². The molecule has 1 N–H and O–H groups in total. The predicted molar refractivity (Wildman–Crippen MR) is 144 cm³/mol. The number of aromatic amines is 1. The Hall–Kier alpha value is -4.05. The number of ether oxygens (including phenoxy) is 1. The summed E-state index contributed by atoms with van der Waals surface area (Å²) < 4.78 is 34.8. The highest BCUT2D eigenvalue weighted by Gasteiger charge is 2.26. The van der Waals surface area contributed by atoms with Crippen molar-refractivity contribution in [2.45, 2.75) is 4.90 Å².